The Hall–Kier alpha value is -4.46. The lowest BCUT2D eigenvalue weighted by Gasteiger charge is -2.18. The molecule has 5 aromatic rings. The Morgan fingerprint density at radius 2 is 1.95 bits per heavy atom. The van der Waals surface area contributed by atoms with Gasteiger partial charge in [-0.05, 0) is 73.6 Å². The van der Waals surface area contributed by atoms with Crippen LogP contribution in [0.25, 0.3) is 28.0 Å². The monoisotopic (exact) mass is 491 g/mol. The fraction of sp³-hybridized carbons (Fsp3) is 0.241. The molecule has 1 N–H and O–H groups in total. The number of pyridine rings is 1. The number of benzene rings is 2. The number of ether oxygens (including phenoxy) is 1. The Morgan fingerprint density at radius 1 is 1.11 bits per heavy atom. The Balaban J connectivity index is 1.50. The van der Waals surface area contributed by atoms with Gasteiger partial charge in [-0.3, -0.25) is 14.1 Å². The average Bonchev–Trinajstić information content (AvgIpc) is 3.56. The van der Waals surface area contributed by atoms with Crippen molar-refractivity contribution in [1.29, 1.82) is 0 Å². The number of nitrogens with zero attached hydrogens (tertiary/aromatic N) is 4. The summed E-state index contributed by atoms with van der Waals surface area (Å²) in [6.07, 6.45) is 4.12. The van der Waals surface area contributed by atoms with Crippen LogP contribution in [0.3, 0.4) is 0 Å². The summed E-state index contributed by atoms with van der Waals surface area (Å²) < 4.78 is 13.5. The molecule has 0 spiro atoms. The topological polar surface area (TPSA) is 98.8 Å². The first-order valence-electron chi connectivity index (χ1n) is 12.5. The molecule has 1 saturated carbocycles. The van der Waals surface area contributed by atoms with Crippen LogP contribution >= 0.6 is 0 Å². The first-order valence-corrected chi connectivity index (χ1v) is 12.5. The van der Waals surface area contributed by atoms with Crippen molar-refractivity contribution in [3.05, 3.63) is 98.7 Å². The van der Waals surface area contributed by atoms with Crippen LogP contribution in [-0.2, 0) is 6.61 Å². The zero-order valence-electron chi connectivity index (χ0n) is 20.8. The minimum atomic E-state index is -0.581. The molecule has 1 aliphatic carbocycles. The maximum absolute atomic E-state index is 11.8. The molecule has 37 heavy (non-hydrogen) atoms. The third-order valence-electron chi connectivity index (χ3n) is 7.35. The number of rotatable bonds is 3. The number of aromatic nitrogens is 5. The van der Waals surface area contributed by atoms with E-state index in [1.165, 1.54) is 0 Å². The first kappa shape index (κ1) is 21.8. The molecular formula is C29H25N5O3. The van der Waals surface area contributed by atoms with Crippen molar-refractivity contribution in [1.82, 2.24) is 24.7 Å². The summed E-state index contributed by atoms with van der Waals surface area (Å²) in [5.74, 6) is 2.09. The van der Waals surface area contributed by atoms with Crippen LogP contribution in [0.5, 0.6) is 5.75 Å². The number of aromatic amines is 1. The number of fused-ring (bicyclic) bond motifs is 3. The normalized spacial score (nSPS) is 16.2. The van der Waals surface area contributed by atoms with Gasteiger partial charge in [0, 0.05) is 29.3 Å². The Bertz CT molecular complexity index is 1800. The second-order valence-corrected chi connectivity index (χ2v) is 9.91. The maximum Gasteiger partial charge on any atom is 0.439 e. The minimum Gasteiger partial charge on any atom is -0.488 e. The maximum atomic E-state index is 11.8. The van der Waals surface area contributed by atoms with Crippen molar-refractivity contribution in [3.8, 4) is 11.4 Å². The number of allylic oxidation sites excluding steroid dienone is 1. The third kappa shape index (κ3) is 3.43. The summed E-state index contributed by atoms with van der Waals surface area (Å²) in [5.41, 5.74) is 9.79. The van der Waals surface area contributed by atoms with E-state index in [0.29, 0.717) is 18.3 Å². The summed E-state index contributed by atoms with van der Waals surface area (Å²) in [6, 6.07) is 14.4. The van der Waals surface area contributed by atoms with Crippen molar-refractivity contribution in [2.45, 2.75) is 46.1 Å². The van der Waals surface area contributed by atoms with Crippen molar-refractivity contribution in [2.24, 2.45) is 0 Å². The molecule has 1 aliphatic heterocycles. The van der Waals surface area contributed by atoms with Crippen molar-refractivity contribution < 1.29 is 9.26 Å². The zero-order chi connectivity index (χ0) is 25.3. The van der Waals surface area contributed by atoms with Gasteiger partial charge in [0.1, 0.15) is 23.7 Å². The Labute approximate surface area is 212 Å². The molecule has 8 heteroatoms. The summed E-state index contributed by atoms with van der Waals surface area (Å²) >= 11 is 0. The predicted octanol–water partition coefficient (Wildman–Crippen LogP) is 5.46. The Kier molecular flexibility index (Phi) is 4.73. The Morgan fingerprint density at radius 3 is 2.73 bits per heavy atom. The molecule has 0 amide bonds. The molecule has 184 valence electrons. The van der Waals surface area contributed by atoms with Crippen LogP contribution in [0.4, 0.5) is 0 Å². The third-order valence-corrected chi connectivity index (χ3v) is 7.35. The molecule has 2 aliphatic rings. The lowest BCUT2D eigenvalue weighted by Crippen LogP contribution is -2.05. The summed E-state index contributed by atoms with van der Waals surface area (Å²) in [7, 11) is 0. The summed E-state index contributed by atoms with van der Waals surface area (Å²) in [6.45, 7) is 6.54. The van der Waals surface area contributed by atoms with Gasteiger partial charge in [-0.2, -0.15) is 0 Å². The van der Waals surface area contributed by atoms with Gasteiger partial charge in [-0.15, -0.1) is 0 Å². The van der Waals surface area contributed by atoms with Crippen LogP contribution in [-0.4, -0.2) is 24.7 Å². The molecule has 2 aromatic carbocycles. The van der Waals surface area contributed by atoms with Gasteiger partial charge >= 0.3 is 5.76 Å². The highest BCUT2D eigenvalue weighted by Crippen LogP contribution is 2.45. The van der Waals surface area contributed by atoms with Gasteiger partial charge in [0.05, 0.1) is 5.69 Å². The molecule has 3 aromatic heterocycles. The SMILES string of the molecule is C/C(=C1/c2ccccc2COc2cc(-n3c(C4CC4)nc4c(C)ccnc43)cc(C)c21)c1noc(=O)[nH]1. The van der Waals surface area contributed by atoms with Gasteiger partial charge in [0.25, 0.3) is 0 Å². The molecule has 0 radical (unpaired) electrons. The van der Waals surface area contributed by atoms with E-state index < -0.39 is 5.76 Å². The number of hydrogen-bond donors (Lipinski definition) is 1. The molecule has 7 rings (SSSR count). The largest absolute Gasteiger partial charge is 0.488 e. The van der Waals surface area contributed by atoms with Crippen molar-refractivity contribution >= 4 is 22.3 Å². The van der Waals surface area contributed by atoms with Gasteiger partial charge in [0.15, 0.2) is 11.5 Å². The van der Waals surface area contributed by atoms with E-state index in [2.05, 4.69) is 52.8 Å². The van der Waals surface area contributed by atoms with E-state index >= 15 is 0 Å². The molecule has 8 nitrogen and oxygen atoms in total. The van der Waals surface area contributed by atoms with E-state index in [1.807, 2.05) is 31.3 Å². The molecule has 4 heterocycles. The van der Waals surface area contributed by atoms with Gasteiger partial charge in [-0.1, -0.05) is 29.4 Å². The molecular weight excluding hydrogens is 466 g/mol. The average molecular weight is 492 g/mol. The number of aryl methyl sites for hydroxylation is 2. The van der Waals surface area contributed by atoms with E-state index in [0.717, 1.165) is 80.2 Å². The van der Waals surface area contributed by atoms with Crippen LogP contribution in [0.2, 0.25) is 0 Å². The van der Waals surface area contributed by atoms with Crippen molar-refractivity contribution in [2.75, 3.05) is 0 Å². The lowest BCUT2D eigenvalue weighted by atomic mass is 9.88. The second-order valence-electron chi connectivity index (χ2n) is 9.91. The fourth-order valence-corrected chi connectivity index (χ4v) is 5.36. The molecule has 0 bridgehead atoms. The first-order chi connectivity index (χ1) is 18.0. The van der Waals surface area contributed by atoms with Gasteiger partial charge in [0.2, 0.25) is 0 Å². The van der Waals surface area contributed by atoms with Gasteiger partial charge in [-0.25, -0.2) is 14.8 Å². The van der Waals surface area contributed by atoms with E-state index in [-0.39, 0.29) is 0 Å². The van der Waals surface area contributed by atoms with Crippen LogP contribution < -0.4 is 10.5 Å². The number of hydrogen-bond acceptors (Lipinski definition) is 6. The number of imidazole rings is 1. The van der Waals surface area contributed by atoms with Gasteiger partial charge < -0.3 is 4.74 Å². The highest BCUT2D eigenvalue weighted by atomic mass is 16.5. The molecule has 0 atom stereocenters. The minimum absolute atomic E-state index is 0.405. The van der Waals surface area contributed by atoms with Crippen LogP contribution in [0.15, 0.2) is 58.0 Å². The van der Waals surface area contributed by atoms with Crippen LogP contribution in [0.1, 0.15) is 65.1 Å². The van der Waals surface area contributed by atoms with E-state index in [1.54, 1.807) is 0 Å². The highest BCUT2D eigenvalue weighted by molar-refractivity contribution is 6.00. The molecule has 0 saturated heterocycles. The quantitative estimate of drug-likeness (QED) is 0.360. The number of H-pyrrole nitrogens is 1. The van der Waals surface area contributed by atoms with E-state index in [4.69, 9.17) is 19.2 Å². The zero-order valence-corrected chi connectivity index (χ0v) is 20.8. The standard InChI is InChI=1S/C29H25N5O3/c1-15-10-11-30-28-25(15)31-27(18-8-9-18)34(28)20-12-16(2)23-22(13-20)36-14-19-6-4-5-7-21(19)24(23)17(3)26-32-29(35)37-33-26/h4-7,10-13,18H,8-9,14H2,1-3H3,(H,32,33,35)/b24-17+. The fourth-order valence-electron chi connectivity index (χ4n) is 5.36. The summed E-state index contributed by atoms with van der Waals surface area (Å²) in [4.78, 5) is 24.2. The lowest BCUT2D eigenvalue weighted by molar-refractivity contribution is 0.307. The van der Waals surface area contributed by atoms with Crippen LogP contribution in [0, 0.1) is 13.8 Å². The van der Waals surface area contributed by atoms with Crippen molar-refractivity contribution in [3.63, 3.8) is 0 Å². The predicted molar refractivity (Wildman–Crippen MR) is 140 cm³/mol. The smallest absolute Gasteiger partial charge is 0.439 e. The highest BCUT2D eigenvalue weighted by Gasteiger charge is 2.32. The number of nitrogens with one attached hydrogen (secondary N) is 1. The van der Waals surface area contributed by atoms with E-state index in [9.17, 15) is 4.79 Å². The molecule has 1 fully saturated rings. The second kappa shape index (κ2) is 8.03. The molecule has 0 unspecified atom stereocenters. The summed E-state index contributed by atoms with van der Waals surface area (Å²) in [5, 5.41) is 3.97.